The van der Waals surface area contributed by atoms with Crippen LogP contribution in [0, 0.1) is 12.3 Å². The molecule has 5 nitrogen and oxygen atoms in total. The first-order chi connectivity index (χ1) is 12.5. The van der Waals surface area contributed by atoms with Gasteiger partial charge in [0, 0.05) is 17.8 Å². The molecule has 26 heavy (non-hydrogen) atoms. The van der Waals surface area contributed by atoms with Crippen LogP contribution in [0.1, 0.15) is 41.4 Å². The molecule has 0 spiro atoms. The molecule has 0 aliphatic carbocycles. The molecule has 1 aromatic heterocycles. The number of piperidine rings is 1. The number of aromatic nitrogens is 1. The van der Waals surface area contributed by atoms with Crippen molar-refractivity contribution in [3.05, 3.63) is 59.4 Å². The number of pyridine rings is 1. The van der Waals surface area contributed by atoms with Crippen molar-refractivity contribution < 1.29 is 9.53 Å². The second-order valence-corrected chi connectivity index (χ2v) is 7.37. The van der Waals surface area contributed by atoms with Crippen molar-refractivity contribution in [2.45, 2.75) is 33.3 Å². The summed E-state index contributed by atoms with van der Waals surface area (Å²) in [4.78, 5) is 16.7. The zero-order chi connectivity index (χ0) is 18.4. The topological polar surface area (TPSA) is 63.2 Å². The van der Waals surface area contributed by atoms with Gasteiger partial charge in [0.2, 0.25) is 0 Å². The summed E-state index contributed by atoms with van der Waals surface area (Å²) in [7, 11) is 0. The molecule has 1 aliphatic rings. The number of hydrogen-bond acceptors (Lipinski definition) is 4. The van der Waals surface area contributed by atoms with Crippen LogP contribution in [-0.2, 0) is 6.61 Å². The number of carbonyl (C=O) groups excluding carboxylic acids is 1. The van der Waals surface area contributed by atoms with E-state index < -0.39 is 0 Å². The van der Waals surface area contributed by atoms with Crippen molar-refractivity contribution in [3.8, 4) is 5.75 Å². The Morgan fingerprint density at radius 1 is 1.27 bits per heavy atom. The maximum absolute atomic E-state index is 12.5. The third-order valence-corrected chi connectivity index (χ3v) is 4.97. The molecule has 5 heteroatoms. The summed E-state index contributed by atoms with van der Waals surface area (Å²) >= 11 is 0. The van der Waals surface area contributed by atoms with Gasteiger partial charge in [-0.05, 0) is 68.1 Å². The van der Waals surface area contributed by atoms with Crippen molar-refractivity contribution >= 4 is 5.91 Å². The van der Waals surface area contributed by atoms with Gasteiger partial charge in [0.05, 0.1) is 6.20 Å². The summed E-state index contributed by atoms with van der Waals surface area (Å²) in [6.45, 7) is 7.35. The minimum atomic E-state index is -0.0244. The Kier molecular flexibility index (Phi) is 5.89. The smallest absolute Gasteiger partial charge is 0.251 e. The fourth-order valence-corrected chi connectivity index (χ4v) is 3.11. The van der Waals surface area contributed by atoms with E-state index >= 15 is 0 Å². The van der Waals surface area contributed by atoms with E-state index in [1.165, 1.54) is 0 Å². The number of carbonyl (C=O) groups is 1. The highest BCUT2D eigenvalue weighted by Crippen LogP contribution is 2.26. The summed E-state index contributed by atoms with van der Waals surface area (Å²) in [5, 5.41) is 6.47. The van der Waals surface area contributed by atoms with Crippen LogP contribution in [0.15, 0.2) is 42.6 Å². The Morgan fingerprint density at radius 2 is 2.08 bits per heavy atom. The number of benzene rings is 1. The number of amides is 1. The summed E-state index contributed by atoms with van der Waals surface area (Å²) in [6, 6.07) is 11.4. The first kappa shape index (κ1) is 18.4. The Bertz CT molecular complexity index is 737. The zero-order valence-electron chi connectivity index (χ0n) is 15.5. The average molecular weight is 353 g/mol. The first-order valence-corrected chi connectivity index (χ1v) is 9.17. The van der Waals surface area contributed by atoms with Crippen molar-refractivity contribution in [3.63, 3.8) is 0 Å². The number of nitrogens with zero attached hydrogens (tertiary/aromatic N) is 1. The second kappa shape index (κ2) is 8.32. The Balaban J connectivity index is 1.55. The molecule has 3 rings (SSSR count). The maximum atomic E-state index is 12.5. The molecule has 2 aromatic rings. The van der Waals surface area contributed by atoms with Crippen LogP contribution in [0.2, 0.25) is 0 Å². The van der Waals surface area contributed by atoms with Crippen LogP contribution < -0.4 is 15.4 Å². The molecule has 0 saturated carbocycles. The molecule has 1 amide bonds. The van der Waals surface area contributed by atoms with Crippen LogP contribution in [-0.4, -0.2) is 30.5 Å². The lowest BCUT2D eigenvalue weighted by atomic mass is 9.81. The van der Waals surface area contributed by atoms with Gasteiger partial charge in [-0.25, -0.2) is 0 Å². The fourth-order valence-electron chi connectivity index (χ4n) is 3.11. The number of nitrogens with one attached hydrogen (secondary N) is 2. The number of hydrogen-bond donors (Lipinski definition) is 2. The van der Waals surface area contributed by atoms with Crippen molar-refractivity contribution in [1.82, 2.24) is 15.6 Å². The van der Waals surface area contributed by atoms with Crippen LogP contribution >= 0.6 is 0 Å². The van der Waals surface area contributed by atoms with Gasteiger partial charge in [-0.2, -0.15) is 0 Å². The van der Waals surface area contributed by atoms with Gasteiger partial charge in [0.1, 0.15) is 12.4 Å². The lowest BCUT2D eigenvalue weighted by molar-refractivity contribution is 0.0922. The molecule has 0 unspecified atom stereocenters. The normalized spacial score (nSPS) is 16.1. The van der Waals surface area contributed by atoms with Gasteiger partial charge < -0.3 is 15.4 Å². The SMILES string of the molecule is Cc1ccc(OCc2cccc(C(=O)NCC3(C)CCNCC3)c2)cn1. The highest BCUT2D eigenvalue weighted by atomic mass is 16.5. The predicted octanol–water partition coefficient (Wildman–Crippen LogP) is 3.09. The Labute approximate surface area is 155 Å². The van der Waals surface area contributed by atoms with E-state index in [4.69, 9.17) is 4.74 Å². The largest absolute Gasteiger partial charge is 0.487 e. The molecular weight excluding hydrogens is 326 g/mol. The molecule has 1 saturated heterocycles. The first-order valence-electron chi connectivity index (χ1n) is 9.17. The van der Waals surface area contributed by atoms with E-state index in [2.05, 4.69) is 22.5 Å². The van der Waals surface area contributed by atoms with Gasteiger partial charge >= 0.3 is 0 Å². The molecular formula is C21H27N3O2. The molecule has 1 fully saturated rings. The third-order valence-electron chi connectivity index (χ3n) is 4.97. The quantitative estimate of drug-likeness (QED) is 0.838. The molecule has 0 radical (unpaired) electrons. The van der Waals surface area contributed by atoms with Crippen LogP contribution in [0.25, 0.3) is 0 Å². The van der Waals surface area contributed by atoms with Crippen LogP contribution in [0.5, 0.6) is 5.75 Å². The summed E-state index contributed by atoms with van der Waals surface area (Å²) in [6.07, 6.45) is 3.89. The standard InChI is InChI=1S/C21H27N3O2/c1-16-6-7-19(13-23-16)26-14-17-4-3-5-18(12-17)20(25)24-15-21(2)8-10-22-11-9-21/h3-7,12-13,22H,8-11,14-15H2,1-2H3,(H,24,25). The average Bonchev–Trinajstić information content (AvgIpc) is 2.66. The van der Waals surface area contributed by atoms with Crippen LogP contribution in [0.3, 0.4) is 0 Å². The zero-order valence-corrected chi connectivity index (χ0v) is 15.5. The molecule has 1 aromatic carbocycles. The lowest BCUT2D eigenvalue weighted by Crippen LogP contribution is -2.42. The number of rotatable bonds is 6. The lowest BCUT2D eigenvalue weighted by Gasteiger charge is -2.34. The molecule has 2 N–H and O–H groups in total. The summed E-state index contributed by atoms with van der Waals surface area (Å²) in [5.74, 6) is 0.702. The van der Waals surface area contributed by atoms with E-state index in [0.717, 1.165) is 42.9 Å². The van der Waals surface area contributed by atoms with E-state index in [1.54, 1.807) is 6.20 Å². The van der Waals surface area contributed by atoms with Gasteiger partial charge in [-0.15, -0.1) is 0 Å². The monoisotopic (exact) mass is 353 g/mol. The highest BCUT2D eigenvalue weighted by molar-refractivity contribution is 5.94. The van der Waals surface area contributed by atoms with E-state index in [9.17, 15) is 4.79 Å². The fraction of sp³-hybridized carbons (Fsp3) is 0.429. The minimum Gasteiger partial charge on any atom is -0.487 e. The molecule has 138 valence electrons. The van der Waals surface area contributed by atoms with Crippen molar-refractivity contribution in [2.24, 2.45) is 5.41 Å². The van der Waals surface area contributed by atoms with E-state index in [0.29, 0.717) is 18.7 Å². The van der Waals surface area contributed by atoms with E-state index in [1.807, 2.05) is 43.3 Å². The van der Waals surface area contributed by atoms with Crippen molar-refractivity contribution in [1.29, 1.82) is 0 Å². The third kappa shape index (κ3) is 5.05. The van der Waals surface area contributed by atoms with Gasteiger partial charge in [0.15, 0.2) is 0 Å². The molecule has 2 heterocycles. The van der Waals surface area contributed by atoms with E-state index in [-0.39, 0.29) is 11.3 Å². The van der Waals surface area contributed by atoms with Gasteiger partial charge in [-0.3, -0.25) is 9.78 Å². The molecule has 1 aliphatic heterocycles. The highest BCUT2D eigenvalue weighted by Gasteiger charge is 2.27. The second-order valence-electron chi connectivity index (χ2n) is 7.37. The van der Waals surface area contributed by atoms with Gasteiger partial charge in [0.25, 0.3) is 5.91 Å². The molecule has 0 atom stereocenters. The number of aryl methyl sites for hydroxylation is 1. The summed E-state index contributed by atoms with van der Waals surface area (Å²) < 4.78 is 5.75. The maximum Gasteiger partial charge on any atom is 0.251 e. The Morgan fingerprint density at radius 3 is 2.81 bits per heavy atom. The summed E-state index contributed by atoms with van der Waals surface area (Å²) in [5.41, 5.74) is 2.77. The van der Waals surface area contributed by atoms with Gasteiger partial charge in [-0.1, -0.05) is 19.1 Å². The predicted molar refractivity (Wildman–Crippen MR) is 102 cm³/mol. The Hall–Kier alpha value is -2.40. The van der Waals surface area contributed by atoms with Crippen LogP contribution in [0.4, 0.5) is 0 Å². The minimum absolute atomic E-state index is 0.0244. The number of ether oxygens (including phenoxy) is 1. The van der Waals surface area contributed by atoms with Crippen molar-refractivity contribution in [2.75, 3.05) is 19.6 Å². The molecule has 0 bridgehead atoms.